The summed E-state index contributed by atoms with van der Waals surface area (Å²) in [5, 5.41) is 12.4. The van der Waals surface area contributed by atoms with Crippen molar-refractivity contribution in [3.8, 4) is 0 Å². The lowest BCUT2D eigenvalue weighted by Crippen LogP contribution is -2.65. The van der Waals surface area contributed by atoms with Crippen molar-refractivity contribution in [3.05, 3.63) is 58.5 Å². The number of likely N-dealkylation sites (tertiary alicyclic amines) is 2. The zero-order valence-corrected chi connectivity index (χ0v) is 35.7. The normalized spacial score (nSPS) is 30.2. The van der Waals surface area contributed by atoms with Gasteiger partial charge in [-0.2, -0.15) is 0 Å². The topological polar surface area (TPSA) is 149 Å². The Morgan fingerprint density at radius 2 is 1.69 bits per heavy atom. The number of rotatable bonds is 15. The fourth-order valence-corrected chi connectivity index (χ4v) is 12.0. The van der Waals surface area contributed by atoms with Crippen molar-refractivity contribution in [1.82, 2.24) is 20.4 Å². The van der Waals surface area contributed by atoms with E-state index in [0.717, 1.165) is 94.5 Å². The third-order valence-corrected chi connectivity index (χ3v) is 15.6. The van der Waals surface area contributed by atoms with Gasteiger partial charge in [0.15, 0.2) is 0 Å². The Morgan fingerprint density at radius 3 is 2.46 bits per heavy atom. The van der Waals surface area contributed by atoms with Crippen LogP contribution in [-0.2, 0) is 18.9 Å². The van der Waals surface area contributed by atoms with Crippen LogP contribution in [-0.4, -0.2) is 96.6 Å². The maximum Gasteiger partial charge on any atom is 0.481 e. The number of fused-ring (bicyclic) bond motifs is 1. The van der Waals surface area contributed by atoms with Crippen LogP contribution in [0.15, 0.2) is 47.6 Å². The lowest BCUT2D eigenvalue weighted by molar-refractivity contribution is -0.199. The van der Waals surface area contributed by atoms with Crippen molar-refractivity contribution >= 4 is 35.6 Å². The van der Waals surface area contributed by atoms with Gasteiger partial charge < -0.3 is 24.8 Å². The molecule has 3 heterocycles. The predicted octanol–water partition coefficient (Wildman–Crippen LogP) is 7.99. The second kappa shape index (κ2) is 18.1. The van der Waals surface area contributed by atoms with Crippen LogP contribution in [0.5, 0.6) is 0 Å². The quantitative estimate of drug-likeness (QED) is 0.0613. The molecule has 3 saturated heterocycles. The van der Waals surface area contributed by atoms with Crippen molar-refractivity contribution in [2.75, 3.05) is 26.2 Å². The molecule has 7 aliphatic rings. The second-order valence-corrected chi connectivity index (χ2v) is 19.6. The standard InChI is InChI=1S/C46H66BN7O5/c1-45(2)35-27-39(45)46(3)40(28-35)58-47(59-46)41(19-9-5-12-22-49-52-48)51-43(56)38-29-36(53-23-13-6-14-24-53)30-54(38)44(57)37(25-31-15-7-4-8-16-31)50-42(55)34-21-20-32-17-10-11-18-33(32)26-34/h10-11,17-18,20-21,26,31,35-41H,4-9,12-16,19,22-25,27-30H2,1-3H3,(H,50,55)(H,51,56)/t35-,36+,37+,38-,39-,40+,41-,46-/m0/s1. The van der Waals surface area contributed by atoms with Crippen molar-refractivity contribution in [2.24, 2.45) is 28.3 Å². The summed E-state index contributed by atoms with van der Waals surface area (Å²) in [4.78, 5) is 51.3. The van der Waals surface area contributed by atoms with E-state index >= 15 is 4.79 Å². The van der Waals surface area contributed by atoms with Crippen LogP contribution < -0.4 is 10.6 Å². The van der Waals surface area contributed by atoms with Crippen molar-refractivity contribution in [2.45, 2.75) is 159 Å². The molecule has 0 radical (unpaired) electrons. The van der Waals surface area contributed by atoms with E-state index in [4.69, 9.17) is 14.8 Å². The molecule has 4 saturated carbocycles. The lowest BCUT2D eigenvalue weighted by Gasteiger charge is -2.64. The van der Waals surface area contributed by atoms with Gasteiger partial charge in [0.25, 0.3) is 5.91 Å². The van der Waals surface area contributed by atoms with Crippen molar-refractivity contribution in [1.29, 1.82) is 0 Å². The summed E-state index contributed by atoms with van der Waals surface area (Å²) in [7, 11) is -0.593. The molecule has 12 nitrogen and oxygen atoms in total. The number of nitrogens with zero attached hydrogens (tertiary/aromatic N) is 5. The lowest BCUT2D eigenvalue weighted by atomic mass is 9.43. The van der Waals surface area contributed by atoms with Crippen LogP contribution in [0.3, 0.4) is 0 Å². The number of unbranched alkanes of at least 4 members (excludes halogenated alkanes) is 2. The molecule has 9 rings (SSSR count). The van der Waals surface area contributed by atoms with E-state index in [2.05, 4.69) is 46.3 Å². The first-order valence-electron chi connectivity index (χ1n) is 23.0. The number of amides is 3. The molecule has 7 fully saturated rings. The molecule has 0 unspecified atom stereocenters. The summed E-state index contributed by atoms with van der Waals surface area (Å²) in [6.07, 6.45) is 15.3. The molecular weight excluding hydrogens is 741 g/mol. The molecule has 318 valence electrons. The number of nitrogens with one attached hydrogen (secondary N) is 2. The number of hydrogen-bond donors (Lipinski definition) is 2. The number of carbonyl (C=O) groups excluding carboxylic acids is 3. The van der Waals surface area contributed by atoms with Crippen LogP contribution in [0.1, 0.15) is 134 Å². The molecule has 4 aliphatic carbocycles. The van der Waals surface area contributed by atoms with E-state index in [1.807, 2.05) is 47.4 Å². The van der Waals surface area contributed by atoms with Crippen LogP contribution in [0.2, 0.25) is 0 Å². The van der Waals surface area contributed by atoms with Gasteiger partial charge in [-0.3, -0.25) is 19.3 Å². The SMILES string of the molecule is CC1(C)[C@@H]2C[C@H]3OB([C@H](CCCCCN=[N+]=[N-])NC(=O)[C@@H]4C[C@@H](N5CCCCC5)CN4C(=O)[C@@H](CC4CCCCC4)NC(=O)c4ccc5ccccc5c4)O[C@@]3(C)[C@H]1C2. The fraction of sp³-hybridized carbons (Fsp3) is 0.717. The molecule has 8 atom stereocenters. The first-order valence-corrected chi connectivity index (χ1v) is 23.0. The number of benzene rings is 2. The molecule has 2 bridgehead atoms. The summed E-state index contributed by atoms with van der Waals surface area (Å²) in [5.41, 5.74) is 9.08. The van der Waals surface area contributed by atoms with Crippen LogP contribution >= 0.6 is 0 Å². The highest BCUT2D eigenvalue weighted by atomic mass is 16.7. The third-order valence-electron chi connectivity index (χ3n) is 15.6. The van der Waals surface area contributed by atoms with Gasteiger partial charge in [-0.1, -0.05) is 101 Å². The molecular formula is C46H66BN7O5. The molecule has 59 heavy (non-hydrogen) atoms. The third kappa shape index (κ3) is 8.91. The number of azide groups is 1. The van der Waals surface area contributed by atoms with Crippen LogP contribution in [0.25, 0.3) is 21.2 Å². The number of piperidine rings is 1. The Balaban J connectivity index is 1.04. The average molecular weight is 808 g/mol. The van der Waals surface area contributed by atoms with Crippen molar-refractivity contribution in [3.63, 3.8) is 0 Å². The van der Waals surface area contributed by atoms with E-state index in [9.17, 15) is 9.59 Å². The van der Waals surface area contributed by atoms with E-state index < -0.39 is 30.7 Å². The molecule has 2 N–H and O–H groups in total. The predicted molar refractivity (Wildman–Crippen MR) is 230 cm³/mol. The van der Waals surface area contributed by atoms with Crippen LogP contribution in [0, 0.1) is 23.2 Å². The second-order valence-electron chi connectivity index (χ2n) is 19.6. The molecule has 0 spiro atoms. The van der Waals surface area contributed by atoms with Gasteiger partial charge in [0.2, 0.25) is 11.8 Å². The smallest absolute Gasteiger partial charge is 0.404 e. The Morgan fingerprint density at radius 1 is 0.932 bits per heavy atom. The Kier molecular flexibility index (Phi) is 12.9. The minimum Gasteiger partial charge on any atom is -0.404 e. The van der Waals surface area contributed by atoms with E-state index in [1.54, 1.807) is 0 Å². The summed E-state index contributed by atoms with van der Waals surface area (Å²) in [5.74, 6) is 0.339. The first kappa shape index (κ1) is 42.1. The Labute approximate surface area is 351 Å². The van der Waals surface area contributed by atoms with Gasteiger partial charge in [-0.25, -0.2) is 0 Å². The maximum atomic E-state index is 15.1. The minimum absolute atomic E-state index is 0.0200. The Hall–Kier alpha value is -3.64. The van der Waals surface area contributed by atoms with E-state index in [0.29, 0.717) is 55.7 Å². The zero-order valence-electron chi connectivity index (χ0n) is 35.7. The summed E-state index contributed by atoms with van der Waals surface area (Å²) < 4.78 is 13.7. The molecule has 3 amide bonds. The van der Waals surface area contributed by atoms with E-state index in [-0.39, 0.29) is 35.3 Å². The highest BCUT2D eigenvalue weighted by molar-refractivity contribution is 6.48. The van der Waals surface area contributed by atoms with Gasteiger partial charge in [0.1, 0.15) is 12.1 Å². The largest absolute Gasteiger partial charge is 0.481 e. The highest BCUT2D eigenvalue weighted by Gasteiger charge is 2.68. The maximum absolute atomic E-state index is 15.1. The fourth-order valence-electron chi connectivity index (χ4n) is 12.0. The highest BCUT2D eigenvalue weighted by Crippen LogP contribution is 2.65. The molecule has 3 aliphatic heterocycles. The van der Waals surface area contributed by atoms with Gasteiger partial charge in [0.05, 0.1) is 17.6 Å². The summed E-state index contributed by atoms with van der Waals surface area (Å²) in [6, 6.07) is 12.3. The average Bonchev–Trinajstić information content (AvgIpc) is 3.86. The van der Waals surface area contributed by atoms with Gasteiger partial charge in [0, 0.05) is 29.6 Å². The molecule has 2 aromatic carbocycles. The molecule has 0 aromatic heterocycles. The number of hydrogen-bond acceptors (Lipinski definition) is 7. The van der Waals surface area contributed by atoms with Crippen molar-refractivity contribution < 1.29 is 23.7 Å². The molecule has 13 heteroatoms. The van der Waals surface area contributed by atoms with E-state index in [1.165, 1.54) is 12.8 Å². The van der Waals surface area contributed by atoms with Crippen LogP contribution in [0.4, 0.5) is 0 Å². The summed E-state index contributed by atoms with van der Waals surface area (Å²) in [6.45, 7) is 9.74. The number of carbonyl (C=O) groups is 3. The summed E-state index contributed by atoms with van der Waals surface area (Å²) >= 11 is 0. The van der Waals surface area contributed by atoms with Gasteiger partial charge in [-0.15, -0.1) is 0 Å². The monoisotopic (exact) mass is 808 g/mol. The van der Waals surface area contributed by atoms with Gasteiger partial charge >= 0.3 is 7.12 Å². The zero-order chi connectivity index (χ0) is 41.1. The minimum atomic E-state index is -0.737. The Bertz CT molecular complexity index is 1880. The molecule has 2 aromatic rings. The van der Waals surface area contributed by atoms with Gasteiger partial charge in [-0.05, 0) is 123 Å². The first-order chi connectivity index (χ1) is 28.5.